The third-order valence-electron chi connectivity index (χ3n) is 4.41. The van der Waals surface area contributed by atoms with Crippen LogP contribution in [-0.2, 0) is 4.79 Å². The van der Waals surface area contributed by atoms with E-state index in [4.69, 9.17) is 0 Å². The molecule has 1 aliphatic carbocycles. The Morgan fingerprint density at radius 3 is 2.65 bits per heavy atom. The molecule has 0 aromatic carbocycles. The number of carbonyl (C=O) groups excluding carboxylic acids is 1. The third kappa shape index (κ3) is 2.65. The zero-order chi connectivity index (χ0) is 12.4. The smallest absolute Gasteiger partial charge is 0.239 e. The van der Waals surface area contributed by atoms with Crippen molar-refractivity contribution >= 4 is 5.91 Å². The molecule has 2 rings (SSSR count). The lowest BCUT2D eigenvalue weighted by molar-refractivity contribution is -0.134. The summed E-state index contributed by atoms with van der Waals surface area (Å²) in [4.78, 5) is 14.4. The van der Waals surface area contributed by atoms with Crippen molar-refractivity contribution in [1.29, 1.82) is 0 Å². The van der Waals surface area contributed by atoms with Crippen LogP contribution in [0.5, 0.6) is 0 Å². The van der Waals surface area contributed by atoms with Gasteiger partial charge in [-0.15, -0.1) is 0 Å². The van der Waals surface area contributed by atoms with Crippen molar-refractivity contribution in [2.45, 2.75) is 71.0 Å². The summed E-state index contributed by atoms with van der Waals surface area (Å²) < 4.78 is 0. The summed E-state index contributed by atoms with van der Waals surface area (Å²) in [5, 5.41) is 3.57. The number of fused-ring (bicyclic) bond motifs is 1. The molecule has 17 heavy (non-hydrogen) atoms. The average molecular weight is 238 g/mol. The highest BCUT2D eigenvalue weighted by atomic mass is 16.2. The minimum Gasteiger partial charge on any atom is -0.339 e. The van der Waals surface area contributed by atoms with Crippen LogP contribution in [0.2, 0.25) is 0 Å². The van der Waals surface area contributed by atoms with Crippen molar-refractivity contribution < 1.29 is 4.79 Å². The van der Waals surface area contributed by atoms with Gasteiger partial charge in [0.25, 0.3) is 0 Å². The number of nitrogens with one attached hydrogen (secondary N) is 1. The molecule has 3 unspecified atom stereocenters. The maximum Gasteiger partial charge on any atom is 0.239 e. The Morgan fingerprint density at radius 2 is 2.06 bits per heavy atom. The van der Waals surface area contributed by atoms with Gasteiger partial charge in [0, 0.05) is 18.6 Å². The Labute approximate surface area is 105 Å². The van der Waals surface area contributed by atoms with Gasteiger partial charge in [0.2, 0.25) is 5.91 Å². The summed E-state index contributed by atoms with van der Waals surface area (Å²) in [6.45, 7) is 7.09. The summed E-state index contributed by atoms with van der Waals surface area (Å²) in [6, 6.07) is 1.02. The molecule has 0 spiro atoms. The summed E-state index contributed by atoms with van der Waals surface area (Å²) in [6.07, 6.45) is 6.33. The van der Waals surface area contributed by atoms with E-state index in [0.717, 1.165) is 18.9 Å². The van der Waals surface area contributed by atoms with Gasteiger partial charge in [0.05, 0.1) is 6.04 Å². The van der Waals surface area contributed by atoms with E-state index in [-0.39, 0.29) is 6.04 Å². The Balaban J connectivity index is 1.97. The first kappa shape index (κ1) is 12.9. The Bertz CT molecular complexity index is 263. The maximum absolute atomic E-state index is 12.4. The summed E-state index contributed by atoms with van der Waals surface area (Å²) in [5.74, 6) is 1.07. The summed E-state index contributed by atoms with van der Waals surface area (Å²) in [5.41, 5.74) is 0. The molecule has 0 aromatic rings. The molecule has 0 aromatic heterocycles. The van der Waals surface area contributed by atoms with E-state index >= 15 is 0 Å². The van der Waals surface area contributed by atoms with Gasteiger partial charge in [-0.2, -0.15) is 0 Å². The molecular formula is C14H26N2O. The van der Waals surface area contributed by atoms with Gasteiger partial charge in [0.1, 0.15) is 0 Å². The van der Waals surface area contributed by atoms with Gasteiger partial charge >= 0.3 is 0 Å². The zero-order valence-corrected chi connectivity index (χ0v) is 11.4. The van der Waals surface area contributed by atoms with E-state index in [1.165, 1.54) is 25.7 Å². The number of likely N-dealkylation sites (N-methyl/N-ethyl adjacent to an activating group) is 1. The van der Waals surface area contributed by atoms with Gasteiger partial charge in [-0.3, -0.25) is 4.79 Å². The first-order chi connectivity index (χ1) is 8.13. The first-order valence-electron chi connectivity index (χ1n) is 7.20. The number of nitrogens with zero attached hydrogens (tertiary/aromatic N) is 1. The van der Waals surface area contributed by atoms with Crippen molar-refractivity contribution in [3.63, 3.8) is 0 Å². The van der Waals surface area contributed by atoms with Crippen LogP contribution in [0.3, 0.4) is 0 Å². The van der Waals surface area contributed by atoms with Crippen molar-refractivity contribution in [1.82, 2.24) is 10.2 Å². The van der Waals surface area contributed by atoms with Crippen molar-refractivity contribution in [3.05, 3.63) is 0 Å². The first-order valence-corrected chi connectivity index (χ1v) is 7.20. The van der Waals surface area contributed by atoms with Crippen LogP contribution in [0.1, 0.15) is 52.9 Å². The standard InChI is InChI=1S/C14H26N2O/c1-4-16(10(2)3)14(17)13-9-11-7-5-6-8-12(11)15-13/h10-13,15H,4-9H2,1-3H3. The van der Waals surface area contributed by atoms with Crippen LogP contribution in [0.4, 0.5) is 0 Å². The fourth-order valence-electron chi connectivity index (χ4n) is 3.49. The average Bonchev–Trinajstić information content (AvgIpc) is 2.72. The van der Waals surface area contributed by atoms with Gasteiger partial charge < -0.3 is 10.2 Å². The van der Waals surface area contributed by atoms with Gasteiger partial charge in [-0.1, -0.05) is 12.8 Å². The predicted octanol–water partition coefficient (Wildman–Crippen LogP) is 2.16. The molecule has 2 aliphatic rings. The molecule has 3 nitrogen and oxygen atoms in total. The molecule has 3 atom stereocenters. The third-order valence-corrected chi connectivity index (χ3v) is 4.41. The lowest BCUT2D eigenvalue weighted by atomic mass is 9.85. The maximum atomic E-state index is 12.4. The lowest BCUT2D eigenvalue weighted by Gasteiger charge is -2.28. The summed E-state index contributed by atoms with van der Waals surface area (Å²) in [7, 11) is 0. The Hall–Kier alpha value is -0.570. The molecule has 0 bridgehead atoms. The number of amides is 1. The van der Waals surface area contributed by atoms with Crippen molar-refractivity contribution in [3.8, 4) is 0 Å². The number of hydrogen-bond donors (Lipinski definition) is 1. The van der Waals surface area contributed by atoms with Crippen LogP contribution in [0, 0.1) is 5.92 Å². The highest BCUT2D eigenvalue weighted by Gasteiger charge is 2.39. The largest absolute Gasteiger partial charge is 0.339 e. The van der Waals surface area contributed by atoms with Gasteiger partial charge in [0.15, 0.2) is 0 Å². The fourth-order valence-corrected chi connectivity index (χ4v) is 3.49. The Morgan fingerprint density at radius 1 is 1.35 bits per heavy atom. The monoisotopic (exact) mass is 238 g/mol. The molecular weight excluding hydrogens is 212 g/mol. The van der Waals surface area contributed by atoms with E-state index in [2.05, 4.69) is 26.1 Å². The van der Waals surface area contributed by atoms with E-state index in [1.54, 1.807) is 0 Å². The van der Waals surface area contributed by atoms with E-state index < -0.39 is 0 Å². The second-order valence-corrected chi connectivity index (χ2v) is 5.82. The summed E-state index contributed by atoms with van der Waals surface area (Å²) >= 11 is 0. The molecule has 1 amide bonds. The number of carbonyl (C=O) groups is 1. The minimum atomic E-state index is 0.0884. The molecule has 1 heterocycles. The molecule has 1 saturated heterocycles. The van der Waals surface area contributed by atoms with Gasteiger partial charge in [-0.05, 0) is 46.0 Å². The highest BCUT2D eigenvalue weighted by Crippen LogP contribution is 2.33. The van der Waals surface area contributed by atoms with Crippen LogP contribution in [-0.4, -0.2) is 35.5 Å². The van der Waals surface area contributed by atoms with Crippen LogP contribution in [0.15, 0.2) is 0 Å². The molecule has 98 valence electrons. The minimum absolute atomic E-state index is 0.0884. The van der Waals surface area contributed by atoms with Gasteiger partial charge in [-0.25, -0.2) is 0 Å². The fraction of sp³-hybridized carbons (Fsp3) is 0.929. The van der Waals surface area contributed by atoms with Crippen molar-refractivity contribution in [2.24, 2.45) is 5.92 Å². The molecule has 1 N–H and O–H groups in total. The topological polar surface area (TPSA) is 32.3 Å². The normalized spacial score (nSPS) is 32.6. The molecule has 1 aliphatic heterocycles. The van der Waals surface area contributed by atoms with Crippen LogP contribution >= 0.6 is 0 Å². The SMILES string of the molecule is CCN(C(=O)C1CC2CCCCC2N1)C(C)C. The second kappa shape index (κ2) is 5.38. The molecule has 3 heteroatoms. The molecule has 0 radical (unpaired) electrons. The van der Waals surface area contributed by atoms with Crippen LogP contribution < -0.4 is 5.32 Å². The second-order valence-electron chi connectivity index (χ2n) is 5.82. The molecule has 1 saturated carbocycles. The lowest BCUT2D eigenvalue weighted by Crippen LogP contribution is -2.48. The quantitative estimate of drug-likeness (QED) is 0.817. The molecule has 2 fully saturated rings. The van der Waals surface area contributed by atoms with E-state index in [1.807, 2.05) is 4.90 Å². The van der Waals surface area contributed by atoms with E-state index in [9.17, 15) is 4.79 Å². The number of rotatable bonds is 3. The zero-order valence-electron chi connectivity index (χ0n) is 11.4. The number of hydrogen-bond acceptors (Lipinski definition) is 2. The predicted molar refractivity (Wildman–Crippen MR) is 69.8 cm³/mol. The highest BCUT2D eigenvalue weighted by molar-refractivity contribution is 5.82. The Kier molecular flexibility index (Phi) is 4.08. The van der Waals surface area contributed by atoms with Crippen LogP contribution in [0.25, 0.3) is 0 Å². The van der Waals surface area contributed by atoms with E-state index in [0.29, 0.717) is 18.0 Å². The van der Waals surface area contributed by atoms with Crippen molar-refractivity contribution in [2.75, 3.05) is 6.54 Å².